The summed E-state index contributed by atoms with van der Waals surface area (Å²) in [5.41, 5.74) is 1.51. The van der Waals surface area contributed by atoms with Crippen LogP contribution in [0, 0.1) is 11.8 Å². The van der Waals surface area contributed by atoms with Crippen molar-refractivity contribution < 1.29 is 17.9 Å². The third kappa shape index (κ3) is 4.79. The number of piperidine rings is 1. The highest BCUT2D eigenvalue weighted by Crippen LogP contribution is 2.39. The molecular formula is C23H29N3O4S. The average Bonchev–Trinajstić information content (AvgIpc) is 3.51. The lowest BCUT2D eigenvalue weighted by molar-refractivity contribution is -0.117. The van der Waals surface area contributed by atoms with Crippen LogP contribution >= 0.6 is 0 Å². The molecule has 1 aliphatic carbocycles. The molecule has 0 radical (unpaired) electrons. The third-order valence-electron chi connectivity index (χ3n) is 6.01. The van der Waals surface area contributed by atoms with E-state index in [2.05, 4.69) is 14.9 Å². The number of carbonyl (C=O) groups excluding carboxylic acids is 1. The zero-order chi connectivity index (χ0) is 22.0. The van der Waals surface area contributed by atoms with E-state index in [-0.39, 0.29) is 16.7 Å². The molecule has 1 saturated heterocycles. The Morgan fingerprint density at radius 3 is 2.48 bits per heavy atom. The Morgan fingerprint density at radius 1 is 1.10 bits per heavy atom. The third-order valence-corrected chi connectivity index (χ3v) is 7.41. The number of sulfonamides is 1. The van der Waals surface area contributed by atoms with Crippen LogP contribution in [0.5, 0.6) is 5.75 Å². The van der Waals surface area contributed by atoms with E-state index in [1.807, 2.05) is 6.92 Å². The van der Waals surface area contributed by atoms with Crippen molar-refractivity contribution >= 4 is 33.0 Å². The first-order chi connectivity index (χ1) is 14.9. The van der Waals surface area contributed by atoms with Crippen molar-refractivity contribution in [2.24, 2.45) is 11.8 Å². The molecule has 0 bridgehead atoms. The minimum Gasteiger partial charge on any atom is -0.495 e. The second kappa shape index (κ2) is 8.78. The molecule has 0 unspecified atom stereocenters. The molecule has 4 rings (SSSR count). The maximum absolute atomic E-state index is 13.5. The van der Waals surface area contributed by atoms with E-state index in [0.29, 0.717) is 28.7 Å². The van der Waals surface area contributed by atoms with Crippen molar-refractivity contribution in [1.82, 2.24) is 0 Å². The first-order valence-electron chi connectivity index (χ1n) is 10.7. The minimum absolute atomic E-state index is 0.00790. The summed E-state index contributed by atoms with van der Waals surface area (Å²) in [6, 6.07) is 12.1. The fourth-order valence-corrected chi connectivity index (χ4v) is 5.38. The molecule has 0 aromatic heterocycles. The number of hydrogen-bond donors (Lipinski definition) is 2. The summed E-state index contributed by atoms with van der Waals surface area (Å²) in [6.45, 7) is 3.65. The Labute approximate surface area is 183 Å². The Balaban J connectivity index is 1.69. The van der Waals surface area contributed by atoms with Crippen molar-refractivity contribution in [2.45, 2.75) is 37.5 Å². The van der Waals surface area contributed by atoms with Crippen LogP contribution in [-0.4, -0.2) is 34.5 Å². The molecule has 1 amide bonds. The summed E-state index contributed by atoms with van der Waals surface area (Å²) in [7, 11) is -2.42. The molecule has 2 atom stereocenters. The molecule has 2 aliphatic rings. The lowest BCUT2D eigenvalue weighted by Crippen LogP contribution is -2.31. The van der Waals surface area contributed by atoms with Gasteiger partial charge in [-0.05, 0) is 61.9 Å². The Morgan fingerprint density at radius 2 is 1.81 bits per heavy atom. The summed E-state index contributed by atoms with van der Waals surface area (Å²) >= 11 is 0. The van der Waals surface area contributed by atoms with E-state index in [9.17, 15) is 13.2 Å². The number of benzene rings is 2. The lowest BCUT2D eigenvalue weighted by Gasteiger charge is -2.30. The topological polar surface area (TPSA) is 87.7 Å². The number of rotatable bonds is 7. The second-order valence-corrected chi connectivity index (χ2v) is 10.00. The molecule has 2 aromatic carbocycles. The number of nitrogens with zero attached hydrogens (tertiary/aromatic N) is 1. The fraction of sp³-hybridized carbons (Fsp3) is 0.435. The van der Waals surface area contributed by atoms with Gasteiger partial charge in [-0.25, -0.2) is 8.42 Å². The van der Waals surface area contributed by atoms with E-state index < -0.39 is 10.0 Å². The van der Waals surface area contributed by atoms with Crippen LogP contribution in [0.1, 0.15) is 32.6 Å². The van der Waals surface area contributed by atoms with Crippen molar-refractivity contribution in [3.8, 4) is 5.75 Å². The summed E-state index contributed by atoms with van der Waals surface area (Å²) in [4.78, 5) is 14.7. The van der Waals surface area contributed by atoms with Gasteiger partial charge >= 0.3 is 0 Å². The van der Waals surface area contributed by atoms with Gasteiger partial charge in [-0.2, -0.15) is 0 Å². The number of para-hydroxylation sites is 2. The van der Waals surface area contributed by atoms with Crippen LogP contribution in [0.2, 0.25) is 0 Å². The SMILES string of the molecule is COc1ccccc1NS(=O)(=O)c1cc(NC(=O)[C@H]2C[C@H]2C)ccc1N1CCCCC1. The van der Waals surface area contributed by atoms with Gasteiger partial charge in [0, 0.05) is 24.7 Å². The van der Waals surface area contributed by atoms with E-state index >= 15 is 0 Å². The highest BCUT2D eigenvalue weighted by atomic mass is 32.2. The summed E-state index contributed by atoms with van der Waals surface area (Å²) in [6.07, 6.45) is 4.07. The Kier molecular flexibility index (Phi) is 6.09. The number of carbonyl (C=O) groups is 1. The summed E-state index contributed by atoms with van der Waals surface area (Å²) in [5, 5.41) is 2.89. The molecule has 2 N–H and O–H groups in total. The smallest absolute Gasteiger partial charge is 0.264 e. The first kappa shape index (κ1) is 21.5. The van der Waals surface area contributed by atoms with Crippen LogP contribution in [0.3, 0.4) is 0 Å². The number of nitrogens with one attached hydrogen (secondary N) is 2. The molecule has 166 valence electrons. The molecule has 1 aliphatic heterocycles. The molecule has 1 heterocycles. The zero-order valence-electron chi connectivity index (χ0n) is 17.9. The number of ether oxygens (including phenoxy) is 1. The molecule has 2 aromatic rings. The first-order valence-corrected chi connectivity index (χ1v) is 12.2. The molecule has 31 heavy (non-hydrogen) atoms. The van der Waals surface area contributed by atoms with Gasteiger partial charge in [0.2, 0.25) is 5.91 Å². The standard InChI is InChI=1S/C23H29N3O4S/c1-16-14-18(16)23(27)24-17-10-11-20(26-12-6-3-7-13-26)22(15-17)31(28,29)25-19-8-4-5-9-21(19)30-2/h4-5,8-11,15-16,18,25H,3,6-7,12-14H2,1-2H3,(H,24,27)/t16-,18+/m1/s1. The van der Waals surface area contributed by atoms with Gasteiger partial charge in [0.1, 0.15) is 10.6 Å². The van der Waals surface area contributed by atoms with E-state index in [0.717, 1.165) is 38.8 Å². The lowest BCUT2D eigenvalue weighted by atomic mass is 10.1. The van der Waals surface area contributed by atoms with Gasteiger partial charge in [-0.3, -0.25) is 9.52 Å². The quantitative estimate of drug-likeness (QED) is 0.673. The molecule has 0 spiro atoms. The van der Waals surface area contributed by atoms with Crippen molar-refractivity contribution in [2.75, 3.05) is 35.1 Å². The summed E-state index contributed by atoms with van der Waals surface area (Å²) in [5.74, 6) is 0.772. The van der Waals surface area contributed by atoms with E-state index in [1.165, 1.54) is 7.11 Å². The monoisotopic (exact) mass is 443 g/mol. The van der Waals surface area contributed by atoms with Gasteiger partial charge in [0.25, 0.3) is 10.0 Å². The van der Waals surface area contributed by atoms with Crippen LogP contribution in [0.15, 0.2) is 47.4 Å². The number of hydrogen-bond acceptors (Lipinski definition) is 5. The maximum atomic E-state index is 13.5. The van der Waals surface area contributed by atoms with Gasteiger partial charge in [0.15, 0.2) is 0 Å². The number of anilines is 3. The molecule has 8 heteroatoms. The fourth-order valence-electron chi connectivity index (χ4n) is 4.05. The number of amides is 1. The molecule has 2 fully saturated rings. The molecule has 7 nitrogen and oxygen atoms in total. The highest BCUT2D eigenvalue weighted by molar-refractivity contribution is 7.93. The predicted molar refractivity (Wildman–Crippen MR) is 122 cm³/mol. The van der Waals surface area contributed by atoms with Crippen molar-refractivity contribution in [3.63, 3.8) is 0 Å². The van der Waals surface area contributed by atoms with E-state index in [1.54, 1.807) is 42.5 Å². The Bertz CT molecular complexity index is 1060. The van der Waals surface area contributed by atoms with Gasteiger partial charge in [0.05, 0.1) is 18.5 Å². The maximum Gasteiger partial charge on any atom is 0.264 e. The van der Waals surface area contributed by atoms with Crippen molar-refractivity contribution in [1.29, 1.82) is 0 Å². The van der Waals surface area contributed by atoms with Gasteiger partial charge < -0.3 is 15.0 Å². The predicted octanol–water partition coefficient (Wildman–Crippen LogP) is 4.08. The Hall–Kier alpha value is -2.74. The second-order valence-electron chi connectivity index (χ2n) is 8.34. The molecular weight excluding hydrogens is 414 g/mol. The van der Waals surface area contributed by atoms with E-state index in [4.69, 9.17) is 4.74 Å². The van der Waals surface area contributed by atoms with Crippen LogP contribution in [-0.2, 0) is 14.8 Å². The highest BCUT2D eigenvalue weighted by Gasteiger charge is 2.39. The van der Waals surface area contributed by atoms with Crippen LogP contribution in [0.4, 0.5) is 17.1 Å². The normalized spacial score (nSPS) is 20.8. The minimum atomic E-state index is -3.92. The summed E-state index contributed by atoms with van der Waals surface area (Å²) < 4.78 is 34.9. The number of methoxy groups -OCH3 is 1. The van der Waals surface area contributed by atoms with Crippen molar-refractivity contribution in [3.05, 3.63) is 42.5 Å². The molecule has 1 saturated carbocycles. The van der Waals surface area contributed by atoms with Crippen LogP contribution in [0.25, 0.3) is 0 Å². The van der Waals surface area contributed by atoms with Gasteiger partial charge in [-0.15, -0.1) is 0 Å². The zero-order valence-corrected chi connectivity index (χ0v) is 18.7. The van der Waals surface area contributed by atoms with Crippen LogP contribution < -0.4 is 19.7 Å². The largest absolute Gasteiger partial charge is 0.495 e. The van der Waals surface area contributed by atoms with Gasteiger partial charge in [-0.1, -0.05) is 19.1 Å². The average molecular weight is 444 g/mol.